The van der Waals surface area contributed by atoms with Crippen molar-refractivity contribution in [2.24, 2.45) is 45.3 Å². The number of fused-ring (bicyclic) bond motifs is 4. The average Bonchev–Trinajstić information content (AvgIpc) is 4.02. The number of rotatable bonds is 11. The van der Waals surface area contributed by atoms with E-state index < -0.39 is 159 Å². The Morgan fingerprint density at radius 1 is 0.658 bits per heavy atom. The van der Waals surface area contributed by atoms with E-state index in [1.54, 1.807) is 0 Å². The highest BCUT2D eigenvalue weighted by Gasteiger charge is 2.81. The van der Waals surface area contributed by atoms with Gasteiger partial charge in [-0.05, 0) is 100 Å². The molecule has 0 aromatic heterocycles. The fraction of sp³-hybridized carbons (Fsp3) is 0.944. The standard InChI is InChI=1S/C54H86O22/c1-23(2)16-26-17-52(9,65)44-27-10-11-32-50(7)14-13-33(49(5,6)31(50)12-15-51(32,8)53(27)21-54(44,76-26)69-22-53)72-47-43(75-46-40(64)37(61)34(58)24(3)70-46)41(29(57)19-68-47)73-48-42(74-45-39(63)35(59)28(56)18-67-45)38(62)36(60)30(71-48)20-66-25(4)55/h16,24,26-48,56-65H,10-15,17-22H2,1-9H3/t24-,26-,27+,28+,29-,30+,31+,32+,33-,34-,35-,36+,37+,38-,39+,40+,41-,42+,43+,44-,45-,46-,47-,48-,50-,51+,52-,53-,54-/m0/s1. The van der Waals surface area contributed by atoms with Gasteiger partial charge in [0.1, 0.15) is 86.0 Å². The van der Waals surface area contributed by atoms with Crippen molar-refractivity contribution in [1.29, 1.82) is 0 Å². The van der Waals surface area contributed by atoms with Crippen molar-refractivity contribution in [3.8, 4) is 0 Å². The predicted octanol–water partition coefficient (Wildman–Crippen LogP) is 0.0284. The Bertz CT molecular complexity index is 2130. The molecule has 10 rings (SSSR count). The minimum absolute atomic E-state index is 0.120. The van der Waals surface area contributed by atoms with Crippen LogP contribution in [0.3, 0.4) is 0 Å². The van der Waals surface area contributed by atoms with Crippen LogP contribution >= 0.6 is 0 Å². The number of hydrogen-bond acceptors (Lipinski definition) is 22. The Morgan fingerprint density at radius 2 is 1.33 bits per heavy atom. The molecule has 0 radical (unpaired) electrons. The molecule has 4 aliphatic carbocycles. The number of hydrogen-bond donors (Lipinski definition) is 10. The molecule has 4 saturated carbocycles. The molecule has 0 unspecified atom stereocenters. The van der Waals surface area contributed by atoms with Gasteiger partial charge in [-0.25, -0.2) is 0 Å². The van der Waals surface area contributed by atoms with Crippen LogP contribution in [0.15, 0.2) is 11.6 Å². The van der Waals surface area contributed by atoms with Crippen molar-refractivity contribution in [3.05, 3.63) is 11.6 Å². The smallest absolute Gasteiger partial charge is 0.302 e. The molecule has 29 atom stereocenters. The maximum atomic E-state index is 12.3. The van der Waals surface area contributed by atoms with Crippen LogP contribution in [0, 0.1) is 45.3 Å². The van der Waals surface area contributed by atoms with Crippen molar-refractivity contribution in [1.82, 2.24) is 0 Å². The van der Waals surface area contributed by atoms with Crippen LogP contribution < -0.4 is 0 Å². The minimum Gasteiger partial charge on any atom is -0.463 e. The zero-order valence-electron chi connectivity index (χ0n) is 45.3. The number of carbonyl (C=O) groups is 1. The summed E-state index contributed by atoms with van der Waals surface area (Å²) in [7, 11) is 0. The second-order valence-corrected chi connectivity index (χ2v) is 25.9. The average molecular weight is 1090 g/mol. The summed E-state index contributed by atoms with van der Waals surface area (Å²) < 4.78 is 69.0. The van der Waals surface area contributed by atoms with E-state index in [1.807, 2.05) is 6.92 Å². The third-order valence-electron chi connectivity index (χ3n) is 20.7. The third kappa shape index (κ3) is 9.38. The molecular weight excluding hydrogens is 1000 g/mol. The van der Waals surface area contributed by atoms with E-state index in [2.05, 4.69) is 47.6 Å². The van der Waals surface area contributed by atoms with Crippen molar-refractivity contribution in [3.63, 3.8) is 0 Å². The second kappa shape index (κ2) is 20.7. The summed E-state index contributed by atoms with van der Waals surface area (Å²) in [6, 6.07) is 0. The van der Waals surface area contributed by atoms with E-state index in [-0.39, 0.29) is 40.1 Å². The first-order valence-electron chi connectivity index (χ1n) is 27.7. The maximum Gasteiger partial charge on any atom is 0.302 e. The van der Waals surface area contributed by atoms with Gasteiger partial charge in [-0.2, -0.15) is 0 Å². The summed E-state index contributed by atoms with van der Waals surface area (Å²) in [4.78, 5) is 11.9. The lowest BCUT2D eigenvalue weighted by Crippen LogP contribution is -2.68. The lowest BCUT2D eigenvalue weighted by Gasteiger charge is -2.70. The molecule has 434 valence electrons. The van der Waals surface area contributed by atoms with Gasteiger partial charge in [0, 0.05) is 31.1 Å². The third-order valence-corrected chi connectivity index (χ3v) is 20.7. The largest absolute Gasteiger partial charge is 0.463 e. The van der Waals surface area contributed by atoms with E-state index in [0.29, 0.717) is 25.4 Å². The van der Waals surface area contributed by atoms with Gasteiger partial charge in [-0.15, -0.1) is 0 Å². The van der Waals surface area contributed by atoms with E-state index in [9.17, 15) is 55.9 Å². The number of ether oxygens (including phenoxy) is 11. The Labute approximate surface area is 444 Å². The van der Waals surface area contributed by atoms with Gasteiger partial charge in [0.15, 0.2) is 30.9 Å². The van der Waals surface area contributed by atoms with Gasteiger partial charge in [-0.1, -0.05) is 39.3 Å². The zero-order valence-corrected chi connectivity index (χ0v) is 45.3. The molecule has 2 spiro atoms. The van der Waals surface area contributed by atoms with Gasteiger partial charge < -0.3 is 103 Å². The van der Waals surface area contributed by atoms with Crippen LogP contribution in [-0.4, -0.2) is 218 Å². The molecule has 0 aromatic carbocycles. The van der Waals surface area contributed by atoms with Crippen molar-refractivity contribution < 1.29 is 108 Å². The molecule has 10 N–H and O–H groups in total. The lowest BCUT2D eigenvalue weighted by molar-refractivity contribution is -0.399. The van der Waals surface area contributed by atoms with Crippen molar-refractivity contribution >= 4 is 5.97 Å². The Kier molecular flexibility index (Phi) is 15.7. The quantitative estimate of drug-likeness (QED) is 0.0741. The highest BCUT2D eigenvalue weighted by Crippen LogP contribution is 2.80. The van der Waals surface area contributed by atoms with Gasteiger partial charge >= 0.3 is 5.97 Å². The molecule has 0 aromatic rings. The molecule has 0 amide bonds. The number of carbonyl (C=O) groups excluding carboxylic acids is 1. The van der Waals surface area contributed by atoms with Crippen LogP contribution in [-0.2, 0) is 56.9 Å². The lowest BCUT2D eigenvalue weighted by atomic mass is 9.35. The van der Waals surface area contributed by atoms with Crippen LogP contribution in [0.25, 0.3) is 0 Å². The first-order chi connectivity index (χ1) is 35.6. The summed E-state index contributed by atoms with van der Waals surface area (Å²) in [6.07, 6.45) is -21.4. The summed E-state index contributed by atoms with van der Waals surface area (Å²) in [6.45, 7) is 17.2. The molecule has 22 heteroatoms. The summed E-state index contributed by atoms with van der Waals surface area (Å²) in [5.74, 6) is -1.01. The molecule has 6 saturated heterocycles. The van der Waals surface area contributed by atoms with E-state index >= 15 is 0 Å². The highest BCUT2D eigenvalue weighted by molar-refractivity contribution is 5.65. The second-order valence-electron chi connectivity index (χ2n) is 25.9. The molecule has 6 aliphatic heterocycles. The fourth-order valence-corrected chi connectivity index (χ4v) is 17.1. The van der Waals surface area contributed by atoms with Crippen LogP contribution in [0.5, 0.6) is 0 Å². The van der Waals surface area contributed by atoms with Crippen LogP contribution in [0.4, 0.5) is 0 Å². The summed E-state index contributed by atoms with van der Waals surface area (Å²) in [5.41, 5.74) is -0.785. The van der Waals surface area contributed by atoms with E-state index in [4.69, 9.17) is 52.1 Å². The Morgan fingerprint density at radius 3 is 2.04 bits per heavy atom. The molecule has 6 heterocycles. The molecule has 2 bridgehead atoms. The van der Waals surface area contributed by atoms with Gasteiger partial charge in [0.2, 0.25) is 0 Å². The molecule has 10 fully saturated rings. The van der Waals surface area contributed by atoms with Crippen molar-refractivity contribution in [2.75, 3.05) is 26.4 Å². The van der Waals surface area contributed by atoms with E-state index in [1.165, 1.54) is 6.92 Å². The topological polar surface area (TPSA) is 321 Å². The molecule has 22 nitrogen and oxygen atoms in total. The number of aliphatic hydroxyl groups excluding tert-OH is 9. The van der Waals surface area contributed by atoms with Crippen LogP contribution in [0.2, 0.25) is 0 Å². The Hall–Kier alpha value is -1.59. The summed E-state index contributed by atoms with van der Waals surface area (Å²) >= 11 is 0. The number of allylic oxidation sites excluding steroid dienone is 1. The SMILES string of the molecule is CC(=O)OC[C@H]1O[C@@H](O[C@@H]2[C@@H](O[C@@H]3O[C@@H](C)[C@H](O)[C@@H](O)[C@H]3O)[C@H](O[C@H]3CC[C@@]4(C)[C@H](CC[C@]5(C)[C@@H]4CC[C@@H]4[C@@H]6[C@]7(C[C@]45CO7)O[C@@H](C=C(C)C)C[C@]6(C)O)C3(C)C)OC[C@@H]2O)[C@H](O[C@@H]2OC[C@@H](O)[C@H](O)[C@H]2O)[C@@H](O)[C@@H]1O. The van der Waals surface area contributed by atoms with Gasteiger partial charge in [0.25, 0.3) is 0 Å². The highest BCUT2D eigenvalue weighted by atomic mass is 16.8. The van der Waals surface area contributed by atoms with Crippen molar-refractivity contribution in [2.45, 2.75) is 248 Å². The van der Waals surface area contributed by atoms with Crippen LogP contribution in [0.1, 0.15) is 114 Å². The first-order valence-corrected chi connectivity index (χ1v) is 27.7. The monoisotopic (exact) mass is 1090 g/mol. The number of aliphatic hydroxyl groups is 10. The fourth-order valence-electron chi connectivity index (χ4n) is 17.1. The van der Waals surface area contributed by atoms with E-state index in [0.717, 1.165) is 51.0 Å². The Balaban J connectivity index is 0.927. The summed E-state index contributed by atoms with van der Waals surface area (Å²) in [5, 5.41) is 111. The maximum absolute atomic E-state index is 12.3. The first kappa shape index (κ1) is 57.6. The molecule has 10 aliphatic rings. The normalized spacial score (nSPS) is 55.6. The zero-order chi connectivity index (χ0) is 55.0. The molecule has 76 heavy (non-hydrogen) atoms. The minimum atomic E-state index is -1.91. The number of esters is 1. The molecular formula is C54H86O22. The van der Waals surface area contributed by atoms with Gasteiger partial charge in [-0.3, -0.25) is 4.79 Å². The predicted molar refractivity (Wildman–Crippen MR) is 260 cm³/mol. The van der Waals surface area contributed by atoms with Gasteiger partial charge in [0.05, 0.1) is 43.7 Å².